The fourth-order valence-electron chi connectivity index (χ4n) is 5.39. The molecule has 5 rings (SSSR count). The minimum absolute atomic E-state index is 0.0311. The van der Waals surface area contributed by atoms with Crippen LogP contribution in [0.25, 0.3) is 0 Å². The predicted molar refractivity (Wildman–Crippen MR) is 126 cm³/mol. The number of rotatable bonds is 4. The van der Waals surface area contributed by atoms with Crippen molar-refractivity contribution in [3.63, 3.8) is 0 Å². The molecular formula is C28H27NO4. The van der Waals surface area contributed by atoms with Gasteiger partial charge in [0, 0.05) is 47.6 Å². The zero-order valence-corrected chi connectivity index (χ0v) is 18.9. The Balaban J connectivity index is 1.51. The van der Waals surface area contributed by atoms with E-state index in [1.807, 2.05) is 37.3 Å². The second-order valence-corrected chi connectivity index (χ2v) is 8.95. The van der Waals surface area contributed by atoms with Crippen LogP contribution in [0.4, 0.5) is 0 Å². The van der Waals surface area contributed by atoms with Crippen LogP contribution in [0.5, 0.6) is 0 Å². The van der Waals surface area contributed by atoms with Gasteiger partial charge in [0.1, 0.15) is 11.7 Å². The van der Waals surface area contributed by atoms with Gasteiger partial charge in [0.25, 0.3) is 0 Å². The topological polar surface area (TPSA) is 68.9 Å². The molecule has 4 atom stereocenters. The maximum absolute atomic E-state index is 13.5. The van der Waals surface area contributed by atoms with Crippen LogP contribution in [0.3, 0.4) is 0 Å². The van der Waals surface area contributed by atoms with Crippen molar-refractivity contribution in [3.05, 3.63) is 95.1 Å². The molecule has 3 aliphatic rings. The highest BCUT2D eigenvalue weighted by Gasteiger charge is 2.45. The molecule has 33 heavy (non-hydrogen) atoms. The summed E-state index contributed by atoms with van der Waals surface area (Å²) < 4.78 is 10.7. The number of carbonyl (C=O) groups is 2. The van der Waals surface area contributed by atoms with E-state index in [0.29, 0.717) is 24.1 Å². The van der Waals surface area contributed by atoms with Crippen molar-refractivity contribution in [2.75, 3.05) is 7.11 Å². The highest BCUT2D eigenvalue weighted by molar-refractivity contribution is 6.08. The molecular weight excluding hydrogens is 414 g/mol. The van der Waals surface area contributed by atoms with Crippen LogP contribution in [0.2, 0.25) is 0 Å². The van der Waals surface area contributed by atoms with Crippen molar-refractivity contribution < 1.29 is 18.7 Å². The Morgan fingerprint density at radius 2 is 1.94 bits per heavy atom. The van der Waals surface area contributed by atoms with Crippen LogP contribution >= 0.6 is 0 Å². The minimum atomic E-state index is -0.595. The predicted octanol–water partition coefficient (Wildman–Crippen LogP) is 5.53. The molecule has 2 aliphatic carbocycles. The number of nitrogens with zero attached hydrogens (tertiary/aromatic N) is 1. The third-order valence-electron chi connectivity index (χ3n) is 7.00. The number of benzene rings is 1. The molecule has 0 saturated heterocycles. The fraction of sp³-hybridized carbons (Fsp3) is 0.321. The zero-order valence-electron chi connectivity index (χ0n) is 18.9. The number of methoxy groups -OCH3 is 1. The normalized spacial score (nSPS) is 27.0. The molecule has 1 aliphatic heterocycles. The summed E-state index contributed by atoms with van der Waals surface area (Å²) in [6.07, 6.45) is 9.87. The van der Waals surface area contributed by atoms with Crippen LogP contribution in [0, 0.1) is 11.8 Å². The van der Waals surface area contributed by atoms with E-state index in [2.05, 4.69) is 30.4 Å². The van der Waals surface area contributed by atoms with Gasteiger partial charge in [0.05, 0.1) is 13.4 Å². The SMILES string of the molecule is COC(=O)C1C(C)=NC2=C(C(=O)CC(c3ccco3)C2)C1C1=CCC(c2ccccc2)C=C1. The molecule has 5 nitrogen and oxygen atoms in total. The van der Waals surface area contributed by atoms with Crippen molar-refractivity contribution in [1.82, 2.24) is 0 Å². The van der Waals surface area contributed by atoms with Gasteiger partial charge in [-0.2, -0.15) is 0 Å². The van der Waals surface area contributed by atoms with Gasteiger partial charge in [-0.3, -0.25) is 14.6 Å². The number of Topliss-reactive ketones (excluding diaryl/α,β-unsaturated/α-hetero) is 1. The number of ketones is 1. The van der Waals surface area contributed by atoms with Crippen molar-refractivity contribution in [3.8, 4) is 0 Å². The molecule has 0 fully saturated rings. The lowest BCUT2D eigenvalue weighted by Gasteiger charge is -2.37. The first-order chi connectivity index (χ1) is 16.1. The van der Waals surface area contributed by atoms with E-state index in [1.165, 1.54) is 12.7 Å². The second-order valence-electron chi connectivity index (χ2n) is 8.95. The first-order valence-corrected chi connectivity index (χ1v) is 11.4. The van der Waals surface area contributed by atoms with E-state index in [9.17, 15) is 9.59 Å². The molecule has 0 spiro atoms. The molecule has 0 N–H and O–H groups in total. The first-order valence-electron chi connectivity index (χ1n) is 11.4. The van der Waals surface area contributed by atoms with Crippen molar-refractivity contribution >= 4 is 17.5 Å². The maximum Gasteiger partial charge on any atom is 0.315 e. The number of allylic oxidation sites excluding steroid dienone is 6. The maximum atomic E-state index is 13.5. The van der Waals surface area contributed by atoms with Gasteiger partial charge in [0.15, 0.2) is 5.78 Å². The molecule has 5 heteroatoms. The smallest absolute Gasteiger partial charge is 0.315 e. The lowest BCUT2D eigenvalue weighted by atomic mass is 9.68. The number of ether oxygens (including phenoxy) is 1. The van der Waals surface area contributed by atoms with Gasteiger partial charge >= 0.3 is 5.97 Å². The van der Waals surface area contributed by atoms with E-state index in [0.717, 1.165) is 23.5 Å². The summed E-state index contributed by atoms with van der Waals surface area (Å²) in [6.45, 7) is 1.86. The summed E-state index contributed by atoms with van der Waals surface area (Å²) >= 11 is 0. The molecule has 4 unspecified atom stereocenters. The van der Waals surface area contributed by atoms with E-state index in [4.69, 9.17) is 14.1 Å². The summed E-state index contributed by atoms with van der Waals surface area (Å²) in [7, 11) is 1.39. The Hall–Kier alpha value is -3.47. The van der Waals surface area contributed by atoms with Gasteiger partial charge in [-0.25, -0.2) is 0 Å². The molecule has 1 aromatic heterocycles. The van der Waals surface area contributed by atoms with Gasteiger partial charge in [-0.05, 0) is 36.6 Å². The fourth-order valence-corrected chi connectivity index (χ4v) is 5.39. The highest BCUT2D eigenvalue weighted by Crippen LogP contribution is 2.46. The van der Waals surface area contributed by atoms with Crippen LogP contribution in [0.15, 0.2) is 93.2 Å². The van der Waals surface area contributed by atoms with E-state index >= 15 is 0 Å². The van der Waals surface area contributed by atoms with Gasteiger partial charge in [0.2, 0.25) is 0 Å². The molecule has 0 radical (unpaired) electrons. The van der Waals surface area contributed by atoms with Crippen molar-refractivity contribution in [2.45, 2.75) is 38.0 Å². The second kappa shape index (κ2) is 8.81. The Morgan fingerprint density at radius 1 is 1.12 bits per heavy atom. The van der Waals surface area contributed by atoms with E-state index in [-0.39, 0.29) is 29.5 Å². The quantitative estimate of drug-likeness (QED) is 0.585. The average Bonchev–Trinajstić information content (AvgIpc) is 3.38. The molecule has 2 aromatic rings. The number of furan rings is 1. The monoisotopic (exact) mass is 441 g/mol. The van der Waals surface area contributed by atoms with Crippen LogP contribution in [-0.2, 0) is 14.3 Å². The molecule has 0 saturated carbocycles. The molecule has 2 heterocycles. The highest BCUT2D eigenvalue weighted by atomic mass is 16.5. The Labute approximate surface area is 193 Å². The number of aliphatic imine (C=N–C) groups is 1. The minimum Gasteiger partial charge on any atom is -0.469 e. The van der Waals surface area contributed by atoms with Gasteiger partial charge < -0.3 is 9.15 Å². The first kappa shape index (κ1) is 21.4. The Bertz CT molecular complexity index is 1180. The number of hydrogen-bond donors (Lipinski definition) is 0. The standard InChI is InChI=1S/C28H27NO4/c1-17-25(28(31)32-2)26(20-12-10-19(11-13-20)18-7-4-3-5-8-18)27-22(29-17)15-21(16-23(27)30)24-9-6-14-33-24/h3-10,12-14,19,21,25-26H,11,15-16H2,1-2H3. The number of esters is 1. The average molecular weight is 442 g/mol. The summed E-state index contributed by atoms with van der Waals surface area (Å²) in [5.41, 5.74) is 4.37. The van der Waals surface area contributed by atoms with Gasteiger partial charge in [-0.15, -0.1) is 0 Å². The van der Waals surface area contributed by atoms with E-state index in [1.54, 1.807) is 6.26 Å². The number of carbonyl (C=O) groups excluding carboxylic acids is 2. The van der Waals surface area contributed by atoms with Crippen LogP contribution in [-0.4, -0.2) is 24.6 Å². The summed E-state index contributed by atoms with van der Waals surface area (Å²) in [4.78, 5) is 31.1. The van der Waals surface area contributed by atoms with Crippen LogP contribution < -0.4 is 0 Å². The van der Waals surface area contributed by atoms with E-state index < -0.39 is 5.92 Å². The molecule has 1 aromatic carbocycles. The summed E-state index contributed by atoms with van der Waals surface area (Å²) in [5.74, 6) is -0.234. The molecule has 0 bridgehead atoms. The zero-order chi connectivity index (χ0) is 22.9. The van der Waals surface area contributed by atoms with Gasteiger partial charge in [-0.1, -0.05) is 48.6 Å². The Kier molecular flexibility index (Phi) is 5.71. The largest absolute Gasteiger partial charge is 0.469 e. The summed E-state index contributed by atoms with van der Waals surface area (Å²) in [6, 6.07) is 14.1. The van der Waals surface area contributed by atoms with Crippen molar-refractivity contribution in [2.24, 2.45) is 16.8 Å². The van der Waals surface area contributed by atoms with Crippen LogP contribution in [0.1, 0.15) is 49.3 Å². The lowest BCUT2D eigenvalue weighted by molar-refractivity contribution is -0.143. The third-order valence-corrected chi connectivity index (χ3v) is 7.00. The van der Waals surface area contributed by atoms with Crippen molar-refractivity contribution in [1.29, 1.82) is 0 Å². The molecule has 0 amide bonds. The lowest BCUT2D eigenvalue weighted by Crippen LogP contribution is -2.40. The third kappa shape index (κ3) is 3.92. The number of hydrogen-bond acceptors (Lipinski definition) is 5. The molecule has 168 valence electrons. The summed E-state index contributed by atoms with van der Waals surface area (Å²) in [5, 5.41) is 0. The Morgan fingerprint density at radius 3 is 2.61 bits per heavy atom.